The number of hydrogen-bond acceptors (Lipinski definition) is 5. The molecule has 0 radical (unpaired) electrons. The van der Waals surface area contributed by atoms with E-state index in [9.17, 15) is 0 Å². The monoisotopic (exact) mass is 436 g/mol. The van der Waals surface area contributed by atoms with Crippen LogP contribution in [0, 0.1) is 0 Å². The maximum Gasteiger partial charge on any atom is 0.158 e. The van der Waals surface area contributed by atoms with E-state index in [0.29, 0.717) is 19.8 Å². The van der Waals surface area contributed by atoms with Gasteiger partial charge in [-0.15, -0.1) is 0 Å². The number of ether oxygens (including phenoxy) is 1. The van der Waals surface area contributed by atoms with Crippen LogP contribution >= 0.6 is 0 Å². The fourth-order valence-corrected chi connectivity index (χ4v) is 4.32. The van der Waals surface area contributed by atoms with Crippen LogP contribution in [0.5, 0.6) is 0 Å². The lowest BCUT2D eigenvalue weighted by Crippen LogP contribution is -2.37. The van der Waals surface area contributed by atoms with Gasteiger partial charge in [-0.25, -0.2) is 4.98 Å². The number of morpholine rings is 1. The van der Waals surface area contributed by atoms with Crippen molar-refractivity contribution in [2.24, 2.45) is 4.99 Å². The molecule has 33 heavy (non-hydrogen) atoms. The topological polar surface area (TPSA) is 70.8 Å². The summed E-state index contributed by atoms with van der Waals surface area (Å²) in [6, 6.07) is 22.6. The molecule has 0 unspecified atom stereocenters. The number of aromatic amines is 1. The molecule has 4 heterocycles. The Morgan fingerprint density at radius 2 is 1.88 bits per heavy atom. The molecule has 0 saturated carbocycles. The van der Waals surface area contributed by atoms with Gasteiger partial charge in [-0.1, -0.05) is 42.5 Å². The van der Waals surface area contributed by atoms with Crippen LogP contribution in [0.15, 0.2) is 77.9 Å². The molecule has 0 aliphatic carbocycles. The maximum atomic E-state index is 5.57. The summed E-state index contributed by atoms with van der Waals surface area (Å²) in [6.45, 7) is 3.59. The van der Waals surface area contributed by atoms with E-state index < -0.39 is 0 Å². The normalized spacial score (nSPS) is 14.6. The largest absolute Gasteiger partial charge is 0.378 e. The molecule has 6 rings (SSSR count). The molecule has 0 atom stereocenters. The minimum atomic E-state index is 0.500. The lowest BCUT2D eigenvalue weighted by atomic mass is 10.1. The van der Waals surface area contributed by atoms with Crippen molar-refractivity contribution < 1.29 is 4.74 Å². The van der Waals surface area contributed by atoms with Crippen LogP contribution < -0.4 is 4.90 Å². The van der Waals surface area contributed by atoms with Gasteiger partial charge in [0.15, 0.2) is 5.65 Å². The van der Waals surface area contributed by atoms with Crippen molar-refractivity contribution in [2.45, 2.75) is 6.54 Å². The van der Waals surface area contributed by atoms with Gasteiger partial charge in [-0.3, -0.25) is 4.99 Å². The Kier molecular flexibility index (Phi) is 5.08. The van der Waals surface area contributed by atoms with Crippen molar-refractivity contribution in [3.8, 4) is 11.3 Å². The molecule has 1 N–H and O–H groups in total. The van der Waals surface area contributed by atoms with Gasteiger partial charge in [0, 0.05) is 59.7 Å². The first-order chi connectivity index (χ1) is 16.3. The third-order valence-corrected chi connectivity index (χ3v) is 5.98. The molecule has 1 fully saturated rings. The predicted molar refractivity (Wildman–Crippen MR) is 131 cm³/mol. The Bertz CT molecular complexity index is 1430. The molecule has 164 valence electrons. The van der Waals surface area contributed by atoms with Crippen LogP contribution in [0.2, 0.25) is 0 Å². The highest BCUT2D eigenvalue weighted by Crippen LogP contribution is 2.24. The van der Waals surface area contributed by atoms with Crippen molar-refractivity contribution in [1.82, 2.24) is 19.6 Å². The second-order valence-corrected chi connectivity index (χ2v) is 8.13. The van der Waals surface area contributed by atoms with Gasteiger partial charge in [0.25, 0.3) is 0 Å². The molecule has 1 aliphatic rings. The number of nitrogens with zero attached hydrogens (tertiary/aromatic N) is 5. The van der Waals surface area contributed by atoms with E-state index in [0.717, 1.165) is 52.6 Å². The zero-order valence-corrected chi connectivity index (χ0v) is 18.2. The predicted octanol–water partition coefficient (Wildman–Crippen LogP) is 4.33. The van der Waals surface area contributed by atoms with Gasteiger partial charge in [0.05, 0.1) is 31.1 Å². The zero-order chi connectivity index (χ0) is 22.0. The Balaban J connectivity index is 1.36. The summed E-state index contributed by atoms with van der Waals surface area (Å²) >= 11 is 0. The van der Waals surface area contributed by atoms with E-state index in [4.69, 9.17) is 19.8 Å². The first-order valence-corrected chi connectivity index (χ1v) is 11.2. The van der Waals surface area contributed by atoms with E-state index in [-0.39, 0.29) is 0 Å². The smallest absolute Gasteiger partial charge is 0.158 e. The summed E-state index contributed by atoms with van der Waals surface area (Å²) in [6.07, 6.45) is 3.89. The number of anilines is 1. The summed E-state index contributed by atoms with van der Waals surface area (Å²) in [4.78, 5) is 15.2. The number of rotatable bonds is 5. The first kappa shape index (κ1) is 19.7. The van der Waals surface area contributed by atoms with E-state index in [2.05, 4.69) is 46.3 Å². The minimum Gasteiger partial charge on any atom is -0.378 e. The van der Waals surface area contributed by atoms with E-state index in [1.54, 1.807) is 0 Å². The summed E-state index contributed by atoms with van der Waals surface area (Å²) in [5.41, 5.74) is 5.95. The van der Waals surface area contributed by atoms with Crippen LogP contribution in [0.4, 0.5) is 5.82 Å². The average molecular weight is 437 g/mol. The van der Waals surface area contributed by atoms with E-state index in [1.807, 2.05) is 47.3 Å². The van der Waals surface area contributed by atoms with Crippen molar-refractivity contribution in [3.05, 3.63) is 84.2 Å². The van der Waals surface area contributed by atoms with Gasteiger partial charge in [-0.2, -0.15) is 9.61 Å². The van der Waals surface area contributed by atoms with Crippen LogP contribution in [-0.4, -0.2) is 52.1 Å². The van der Waals surface area contributed by atoms with Crippen molar-refractivity contribution >= 4 is 28.6 Å². The van der Waals surface area contributed by atoms with Crippen LogP contribution in [-0.2, 0) is 11.3 Å². The van der Waals surface area contributed by atoms with Crippen LogP contribution in [0.3, 0.4) is 0 Å². The first-order valence-electron chi connectivity index (χ1n) is 11.2. The van der Waals surface area contributed by atoms with Crippen molar-refractivity contribution in [2.75, 3.05) is 31.2 Å². The highest BCUT2D eigenvalue weighted by Gasteiger charge is 2.18. The fraction of sp³-hybridized carbons (Fsp3) is 0.192. The molecule has 1 saturated heterocycles. The van der Waals surface area contributed by atoms with Crippen molar-refractivity contribution in [1.29, 1.82) is 0 Å². The Labute approximate surface area is 191 Å². The molecule has 2 aromatic carbocycles. The Hall–Kier alpha value is -3.97. The van der Waals surface area contributed by atoms with Gasteiger partial charge in [0.1, 0.15) is 5.82 Å². The summed E-state index contributed by atoms with van der Waals surface area (Å²) in [7, 11) is 0. The number of benzene rings is 2. The number of H-pyrrole nitrogens is 1. The van der Waals surface area contributed by atoms with Crippen LogP contribution in [0.1, 0.15) is 11.3 Å². The number of fused-ring (bicyclic) bond motifs is 2. The van der Waals surface area contributed by atoms with E-state index >= 15 is 0 Å². The molecular formula is C26H24N6O. The van der Waals surface area contributed by atoms with Gasteiger partial charge >= 0.3 is 0 Å². The number of nitrogens with one attached hydrogen (secondary N) is 1. The Morgan fingerprint density at radius 3 is 2.76 bits per heavy atom. The molecule has 5 aromatic rings. The molecule has 7 nitrogen and oxygen atoms in total. The molecule has 0 amide bonds. The quantitative estimate of drug-likeness (QED) is 0.416. The third-order valence-electron chi connectivity index (χ3n) is 5.98. The zero-order valence-electron chi connectivity index (χ0n) is 18.2. The summed E-state index contributed by atoms with van der Waals surface area (Å²) < 4.78 is 7.51. The second kappa shape index (κ2) is 8.52. The van der Waals surface area contributed by atoms with Crippen molar-refractivity contribution in [3.63, 3.8) is 0 Å². The van der Waals surface area contributed by atoms with E-state index in [1.165, 1.54) is 5.39 Å². The van der Waals surface area contributed by atoms with Gasteiger partial charge in [-0.05, 0) is 12.1 Å². The molecule has 0 spiro atoms. The standard InChI is InChI=1S/C26H24N6O/c1-2-5-19(6-3-1)24-16-25-29-21(15-26(32(25)30-24)31-11-13-33-14-12-31)18-27-17-20-7-4-8-23-22(20)9-10-28-23/h1-10,15-17,28H,11-14,18H2. The fourth-order valence-electron chi connectivity index (χ4n) is 4.32. The SMILES string of the molecule is C(=NCc1cc(N2CCOCC2)n2nc(-c3ccccc3)cc2n1)c1cccc2[nH]ccc12. The maximum absolute atomic E-state index is 5.57. The third kappa shape index (κ3) is 3.87. The summed E-state index contributed by atoms with van der Waals surface area (Å²) in [5, 5.41) is 6.05. The van der Waals surface area contributed by atoms with Gasteiger partial charge in [0.2, 0.25) is 0 Å². The highest BCUT2D eigenvalue weighted by atomic mass is 16.5. The summed E-state index contributed by atoms with van der Waals surface area (Å²) in [5.74, 6) is 1.03. The molecule has 7 heteroatoms. The average Bonchev–Trinajstić information content (AvgIpc) is 3.52. The lowest BCUT2D eigenvalue weighted by Gasteiger charge is -2.29. The molecule has 0 bridgehead atoms. The molecular weight excluding hydrogens is 412 g/mol. The van der Waals surface area contributed by atoms with Crippen LogP contribution in [0.25, 0.3) is 27.8 Å². The molecule has 3 aromatic heterocycles. The number of hydrogen-bond donors (Lipinski definition) is 1. The second-order valence-electron chi connectivity index (χ2n) is 8.13. The number of aromatic nitrogens is 4. The Morgan fingerprint density at radius 1 is 1.00 bits per heavy atom. The highest BCUT2D eigenvalue weighted by molar-refractivity contribution is 5.98. The lowest BCUT2D eigenvalue weighted by molar-refractivity contribution is 0.122. The molecule has 1 aliphatic heterocycles. The number of aliphatic imine (C=N–C) groups is 1. The minimum absolute atomic E-state index is 0.500. The van der Waals surface area contributed by atoms with Gasteiger partial charge < -0.3 is 14.6 Å².